The third-order valence-electron chi connectivity index (χ3n) is 3.54. The average Bonchev–Trinajstić information content (AvgIpc) is 3.30. The number of H-pyrrole nitrogens is 2. The number of aromatic amines is 2. The van der Waals surface area contributed by atoms with Crippen LogP contribution in [-0.4, -0.2) is 26.2 Å². The smallest absolute Gasteiger partial charge is 0.315 e. The molecule has 0 fully saturated rings. The van der Waals surface area contributed by atoms with E-state index in [-0.39, 0.29) is 17.3 Å². The number of azo groups is 1. The summed E-state index contributed by atoms with van der Waals surface area (Å²) in [6.07, 6.45) is 0. The van der Waals surface area contributed by atoms with Gasteiger partial charge >= 0.3 is 5.91 Å². The number of thiophene rings is 1. The van der Waals surface area contributed by atoms with Crippen LogP contribution in [0.3, 0.4) is 0 Å². The monoisotopic (exact) mass is 371 g/mol. The molecule has 3 aromatic heterocycles. The predicted octanol–water partition coefficient (Wildman–Crippen LogP) is 4.90. The van der Waals surface area contributed by atoms with Gasteiger partial charge < -0.3 is 10.1 Å². The zero-order chi connectivity index (χ0) is 17.4. The number of carbonyl (C=O) groups is 1. The third-order valence-corrected chi connectivity index (χ3v) is 4.80. The lowest BCUT2D eigenvalue weighted by atomic mass is 10.2. The Morgan fingerprint density at radius 1 is 1.24 bits per heavy atom. The van der Waals surface area contributed by atoms with Crippen molar-refractivity contribution >= 4 is 45.4 Å². The second-order valence-corrected chi connectivity index (χ2v) is 6.86. The Bertz CT molecular complexity index is 1110. The molecule has 7 nitrogen and oxygen atoms in total. The second kappa shape index (κ2) is 6.15. The van der Waals surface area contributed by atoms with Crippen LogP contribution in [-0.2, 0) is 0 Å². The molecule has 0 bridgehead atoms. The van der Waals surface area contributed by atoms with E-state index in [0.717, 1.165) is 4.88 Å². The number of fused-ring (bicyclic) bond motifs is 1. The number of aromatic hydroxyl groups is 1. The van der Waals surface area contributed by atoms with Gasteiger partial charge in [0, 0.05) is 5.39 Å². The number of benzene rings is 1. The number of amides is 1. The van der Waals surface area contributed by atoms with Gasteiger partial charge in [-0.25, -0.2) is 0 Å². The molecule has 0 spiro atoms. The molecule has 0 aliphatic heterocycles. The molecule has 9 heteroatoms. The number of halogens is 1. The van der Waals surface area contributed by atoms with Crippen LogP contribution in [0.25, 0.3) is 21.5 Å². The van der Waals surface area contributed by atoms with E-state index < -0.39 is 5.91 Å². The van der Waals surface area contributed by atoms with Crippen LogP contribution < -0.4 is 0 Å². The van der Waals surface area contributed by atoms with E-state index in [2.05, 4.69) is 25.4 Å². The van der Waals surface area contributed by atoms with E-state index in [1.165, 1.54) is 11.3 Å². The molecule has 1 amide bonds. The maximum atomic E-state index is 12.2. The number of aromatic nitrogens is 3. The van der Waals surface area contributed by atoms with Crippen molar-refractivity contribution in [3.05, 3.63) is 52.5 Å². The summed E-state index contributed by atoms with van der Waals surface area (Å²) < 4.78 is 0.645. The first-order valence-electron chi connectivity index (χ1n) is 7.18. The van der Waals surface area contributed by atoms with E-state index >= 15 is 0 Å². The Morgan fingerprint density at radius 3 is 2.88 bits per heavy atom. The number of nitrogens with one attached hydrogen (secondary N) is 2. The number of hydrogen-bond donors (Lipinski definition) is 3. The van der Waals surface area contributed by atoms with E-state index in [4.69, 9.17) is 11.6 Å². The third kappa shape index (κ3) is 2.92. The van der Waals surface area contributed by atoms with E-state index in [1.54, 1.807) is 24.3 Å². The lowest BCUT2D eigenvalue weighted by molar-refractivity contribution is 0.0990. The van der Waals surface area contributed by atoms with Crippen molar-refractivity contribution in [3.63, 3.8) is 0 Å². The van der Waals surface area contributed by atoms with Gasteiger partial charge in [-0.3, -0.25) is 9.89 Å². The van der Waals surface area contributed by atoms with Crippen LogP contribution >= 0.6 is 22.9 Å². The summed E-state index contributed by atoms with van der Waals surface area (Å²) in [4.78, 5) is 15.8. The summed E-state index contributed by atoms with van der Waals surface area (Å²) in [5.41, 5.74) is 1.72. The highest BCUT2D eigenvalue weighted by Gasteiger charge is 2.14. The highest BCUT2D eigenvalue weighted by atomic mass is 35.5. The average molecular weight is 372 g/mol. The molecular weight excluding hydrogens is 362 g/mol. The van der Waals surface area contributed by atoms with Gasteiger partial charge in [-0.05, 0) is 24.3 Å². The van der Waals surface area contributed by atoms with Gasteiger partial charge in [0.2, 0.25) is 5.88 Å². The summed E-state index contributed by atoms with van der Waals surface area (Å²) >= 11 is 7.28. The van der Waals surface area contributed by atoms with Gasteiger partial charge in [0.25, 0.3) is 0 Å². The van der Waals surface area contributed by atoms with Crippen molar-refractivity contribution < 1.29 is 9.90 Å². The topological polar surface area (TPSA) is 106 Å². The van der Waals surface area contributed by atoms with Crippen LogP contribution in [0.15, 0.2) is 52.7 Å². The first-order chi connectivity index (χ1) is 12.1. The molecule has 0 aliphatic carbocycles. The summed E-state index contributed by atoms with van der Waals surface area (Å²) in [6, 6.07) is 12.4. The van der Waals surface area contributed by atoms with Crippen molar-refractivity contribution in [1.29, 1.82) is 0 Å². The van der Waals surface area contributed by atoms with Crippen molar-refractivity contribution in [3.8, 4) is 16.5 Å². The van der Waals surface area contributed by atoms with Crippen molar-refractivity contribution in [2.24, 2.45) is 10.2 Å². The summed E-state index contributed by atoms with van der Waals surface area (Å²) in [6.45, 7) is 0. The van der Waals surface area contributed by atoms with Crippen LogP contribution in [0, 0.1) is 0 Å². The fourth-order valence-electron chi connectivity index (χ4n) is 2.38. The minimum atomic E-state index is -0.616. The summed E-state index contributed by atoms with van der Waals surface area (Å²) in [5, 5.41) is 24.9. The van der Waals surface area contributed by atoms with Gasteiger partial charge in [-0.15, -0.1) is 21.6 Å². The maximum Gasteiger partial charge on any atom is 0.315 e. The van der Waals surface area contributed by atoms with Crippen LogP contribution in [0.2, 0.25) is 4.34 Å². The summed E-state index contributed by atoms with van der Waals surface area (Å²) in [5.74, 6) is -0.761. The number of para-hydroxylation sites is 1. The fourth-order valence-corrected chi connectivity index (χ4v) is 3.39. The normalized spacial score (nSPS) is 11.6. The zero-order valence-corrected chi connectivity index (χ0v) is 14.1. The zero-order valence-electron chi connectivity index (χ0n) is 12.5. The van der Waals surface area contributed by atoms with E-state index in [0.29, 0.717) is 20.9 Å². The lowest BCUT2D eigenvalue weighted by Gasteiger charge is -1.90. The fraction of sp³-hybridized carbons (Fsp3) is 0. The molecule has 4 rings (SSSR count). The van der Waals surface area contributed by atoms with Gasteiger partial charge in [-0.1, -0.05) is 29.8 Å². The molecule has 3 heterocycles. The number of nitrogens with zero attached hydrogens (tertiary/aromatic N) is 3. The quantitative estimate of drug-likeness (QED) is 0.445. The molecular formula is C16H10ClN5O2S. The van der Waals surface area contributed by atoms with Gasteiger partial charge in [0.05, 0.1) is 20.4 Å². The molecule has 0 aliphatic rings. The number of hydrogen-bond acceptors (Lipinski definition) is 5. The van der Waals surface area contributed by atoms with E-state index in [1.807, 2.05) is 18.2 Å². The SMILES string of the molecule is O=C(N=Nc1c(O)[nH]c2ccccc12)c1cc(-c2ccc(Cl)s2)[nH]n1. The Hall–Kier alpha value is -2.97. The van der Waals surface area contributed by atoms with Gasteiger partial charge in [0.1, 0.15) is 0 Å². The highest BCUT2D eigenvalue weighted by molar-refractivity contribution is 7.19. The molecule has 25 heavy (non-hydrogen) atoms. The maximum absolute atomic E-state index is 12.2. The molecule has 3 N–H and O–H groups in total. The molecule has 0 unspecified atom stereocenters. The van der Waals surface area contributed by atoms with Crippen LogP contribution in [0.1, 0.15) is 10.5 Å². The predicted molar refractivity (Wildman–Crippen MR) is 95.7 cm³/mol. The van der Waals surface area contributed by atoms with Crippen molar-refractivity contribution in [2.45, 2.75) is 0 Å². The van der Waals surface area contributed by atoms with Crippen molar-refractivity contribution in [1.82, 2.24) is 15.2 Å². The molecule has 124 valence electrons. The van der Waals surface area contributed by atoms with E-state index in [9.17, 15) is 9.90 Å². The standard InChI is InChI=1S/C16H10ClN5O2S/c17-13-6-5-12(25-13)10-7-11(20-19-10)15(23)22-21-14-8-3-1-2-4-9(8)18-16(14)24/h1-7,18,24H,(H,19,20). The Labute approximate surface area is 150 Å². The molecule has 0 radical (unpaired) electrons. The molecule has 0 atom stereocenters. The lowest BCUT2D eigenvalue weighted by Crippen LogP contribution is -1.93. The Morgan fingerprint density at radius 2 is 2.08 bits per heavy atom. The largest absolute Gasteiger partial charge is 0.493 e. The minimum absolute atomic E-state index is 0.127. The molecule has 0 saturated carbocycles. The van der Waals surface area contributed by atoms with Crippen molar-refractivity contribution in [2.75, 3.05) is 0 Å². The Balaban J connectivity index is 1.60. The molecule has 0 saturated heterocycles. The Kier molecular flexibility index (Phi) is 3.83. The highest BCUT2D eigenvalue weighted by Crippen LogP contribution is 2.35. The van der Waals surface area contributed by atoms with Crippen LogP contribution in [0.4, 0.5) is 5.69 Å². The first kappa shape index (κ1) is 15.6. The minimum Gasteiger partial charge on any atom is -0.493 e. The summed E-state index contributed by atoms with van der Waals surface area (Å²) in [7, 11) is 0. The molecule has 1 aromatic carbocycles. The van der Waals surface area contributed by atoms with Crippen LogP contribution in [0.5, 0.6) is 5.88 Å². The number of rotatable bonds is 3. The molecule has 4 aromatic rings. The number of carbonyl (C=O) groups excluding carboxylic acids is 1. The van der Waals surface area contributed by atoms with Gasteiger partial charge in [-0.2, -0.15) is 5.10 Å². The second-order valence-electron chi connectivity index (χ2n) is 5.14. The van der Waals surface area contributed by atoms with Gasteiger partial charge in [0.15, 0.2) is 11.4 Å². The first-order valence-corrected chi connectivity index (χ1v) is 8.38.